The number of sulfonamides is 1. The molecule has 1 heterocycles. The van der Waals surface area contributed by atoms with Crippen LogP contribution in [-0.2, 0) is 19.6 Å². The molecule has 1 amide bonds. The Hall–Kier alpha value is -3.39. The van der Waals surface area contributed by atoms with Gasteiger partial charge in [0.05, 0.1) is 22.8 Å². The number of hydrogen-bond donors (Lipinski definition) is 1. The Kier molecular flexibility index (Phi) is 4.95. The number of nitrogens with zero attached hydrogens (tertiary/aromatic N) is 1. The van der Waals surface area contributed by atoms with Gasteiger partial charge in [-0.3, -0.25) is 9.10 Å². The van der Waals surface area contributed by atoms with Crippen molar-refractivity contribution in [3.8, 4) is 0 Å². The first-order chi connectivity index (χ1) is 14.3. The summed E-state index contributed by atoms with van der Waals surface area (Å²) < 4.78 is 32.4. The van der Waals surface area contributed by atoms with Crippen LogP contribution in [0.1, 0.15) is 24.2 Å². The second-order valence-electron chi connectivity index (χ2n) is 6.90. The Balaban J connectivity index is 1.64. The van der Waals surface area contributed by atoms with Gasteiger partial charge in [-0.25, -0.2) is 13.2 Å². The van der Waals surface area contributed by atoms with Gasteiger partial charge in [-0.2, -0.15) is 0 Å². The zero-order valence-electron chi connectivity index (χ0n) is 16.5. The summed E-state index contributed by atoms with van der Waals surface area (Å²) in [6.07, 6.45) is 0. The van der Waals surface area contributed by atoms with Gasteiger partial charge in [0.15, 0.2) is 0 Å². The third kappa shape index (κ3) is 3.19. The third-order valence-corrected chi connectivity index (χ3v) is 6.92. The number of hydrogen-bond acceptors (Lipinski definition) is 5. The summed E-state index contributed by atoms with van der Waals surface area (Å²) in [5, 5.41) is 4.11. The molecule has 3 aromatic rings. The fourth-order valence-corrected chi connectivity index (χ4v) is 5.50. The number of rotatable bonds is 5. The average molecular weight is 424 g/mol. The topological polar surface area (TPSA) is 92.8 Å². The second-order valence-corrected chi connectivity index (χ2v) is 8.68. The summed E-state index contributed by atoms with van der Waals surface area (Å²) in [5.41, 5.74) is 1.16. The van der Waals surface area contributed by atoms with Crippen molar-refractivity contribution < 1.29 is 22.7 Å². The van der Waals surface area contributed by atoms with E-state index in [4.69, 9.17) is 4.74 Å². The lowest BCUT2D eigenvalue weighted by molar-refractivity contribution is -0.116. The molecule has 4 rings (SSSR count). The van der Waals surface area contributed by atoms with E-state index in [9.17, 15) is 18.0 Å². The van der Waals surface area contributed by atoms with E-state index in [0.717, 1.165) is 9.69 Å². The minimum atomic E-state index is -3.87. The molecule has 0 unspecified atom stereocenters. The molecule has 1 atom stereocenters. The average Bonchev–Trinajstić information content (AvgIpc) is 2.96. The Bertz CT molecular complexity index is 1260. The maximum absolute atomic E-state index is 13.2. The van der Waals surface area contributed by atoms with Crippen LogP contribution in [0.15, 0.2) is 65.6 Å². The molecule has 0 bridgehead atoms. The van der Waals surface area contributed by atoms with Crippen LogP contribution in [0.3, 0.4) is 0 Å². The van der Waals surface area contributed by atoms with E-state index in [1.807, 2.05) is 12.1 Å². The fourth-order valence-electron chi connectivity index (χ4n) is 3.63. The summed E-state index contributed by atoms with van der Waals surface area (Å²) in [6.45, 7) is 3.48. The molecular weight excluding hydrogens is 404 g/mol. The Morgan fingerprint density at radius 3 is 2.50 bits per heavy atom. The third-order valence-electron chi connectivity index (χ3n) is 4.99. The van der Waals surface area contributed by atoms with Crippen molar-refractivity contribution in [2.45, 2.75) is 24.8 Å². The SMILES string of the molecule is CCOC(=O)c1cccc(NC(=O)[C@H](C)N2c3cccc4cccc(c34)S2(=O)=O)c1. The first-order valence-corrected chi connectivity index (χ1v) is 10.9. The zero-order chi connectivity index (χ0) is 21.5. The van der Waals surface area contributed by atoms with Crippen molar-refractivity contribution in [3.05, 3.63) is 66.2 Å². The molecule has 0 radical (unpaired) electrons. The van der Waals surface area contributed by atoms with Gasteiger partial charge in [-0.1, -0.05) is 30.3 Å². The molecule has 0 saturated heterocycles. The summed E-state index contributed by atoms with van der Waals surface area (Å²) >= 11 is 0. The molecule has 0 aliphatic carbocycles. The number of benzene rings is 3. The highest BCUT2D eigenvalue weighted by Gasteiger charge is 2.40. The van der Waals surface area contributed by atoms with Crippen molar-refractivity contribution in [2.24, 2.45) is 0 Å². The number of carbonyl (C=O) groups is 2. The van der Waals surface area contributed by atoms with Crippen LogP contribution in [0.2, 0.25) is 0 Å². The number of esters is 1. The van der Waals surface area contributed by atoms with Crippen LogP contribution in [0.5, 0.6) is 0 Å². The van der Waals surface area contributed by atoms with Gasteiger partial charge in [0, 0.05) is 11.1 Å². The maximum atomic E-state index is 13.2. The van der Waals surface area contributed by atoms with Crippen LogP contribution in [0, 0.1) is 0 Å². The van der Waals surface area contributed by atoms with Crippen molar-refractivity contribution in [1.82, 2.24) is 0 Å². The molecule has 8 heteroatoms. The van der Waals surface area contributed by atoms with Gasteiger partial charge in [0.2, 0.25) is 5.91 Å². The van der Waals surface area contributed by atoms with Gasteiger partial charge in [0.25, 0.3) is 10.0 Å². The zero-order valence-corrected chi connectivity index (χ0v) is 17.3. The predicted molar refractivity (Wildman–Crippen MR) is 114 cm³/mol. The van der Waals surface area contributed by atoms with Gasteiger partial charge < -0.3 is 10.1 Å². The van der Waals surface area contributed by atoms with E-state index >= 15 is 0 Å². The predicted octanol–water partition coefficient (Wildman–Crippen LogP) is 3.55. The van der Waals surface area contributed by atoms with Crippen molar-refractivity contribution in [2.75, 3.05) is 16.2 Å². The van der Waals surface area contributed by atoms with Crippen LogP contribution < -0.4 is 9.62 Å². The van der Waals surface area contributed by atoms with E-state index in [-0.39, 0.29) is 11.5 Å². The first kappa shape index (κ1) is 19.9. The number of anilines is 2. The standard InChI is InChI=1S/C22H20N2O5S/c1-3-29-22(26)16-9-4-10-17(13-16)23-21(25)14(2)24-18-11-5-7-15-8-6-12-19(20(15)18)30(24,27)28/h4-14H,3H2,1-2H3,(H,23,25)/t14-/m0/s1. The molecule has 0 saturated carbocycles. The lowest BCUT2D eigenvalue weighted by Gasteiger charge is -2.25. The molecule has 0 aromatic heterocycles. The van der Waals surface area contributed by atoms with Crippen molar-refractivity contribution >= 4 is 44.0 Å². The van der Waals surface area contributed by atoms with Crippen LogP contribution in [-0.4, -0.2) is 32.9 Å². The molecule has 0 spiro atoms. The maximum Gasteiger partial charge on any atom is 0.338 e. The highest BCUT2D eigenvalue weighted by Crippen LogP contribution is 2.43. The van der Waals surface area contributed by atoms with Crippen LogP contribution >= 0.6 is 0 Å². The molecule has 1 N–H and O–H groups in total. The minimum Gasteiger partial charge on any atom is -0.462 e. The van der Waals surface area contributed by atoms with E-state index in [1.165, 1.54) is 13.0 Å². The molecule has 7 nitrogen and oxygen atoms in total. The number of amides is 1. The second kappa shape index (κ2) is 7.46. The van der Waals surface area contributed by atoms with Crippen molar-refractivity contribution in [1.29, 1.82) is 0 Å². The Morgan fingerprint density at radius 2 is 1.77 bits per heavy atom. The van der Waals surface area contributed by atoms with Crippen molar-refractivity contribution in [3.63, 3.8) is 0 Å². The van der Waals surface area contributed by atoms with E-state index in [2.05, 4.69) is 5.32 Å². The summed E-state index contributed by atoms with van der Waals surface area (Å²) in [6, 6.07) is 15.7. The molecule has 1 aliphatic rings. The largest absolute Gasteiger partial charge is 0.462 e. The van der Waals surface area contributed by atoms with Crippen LogP contribution in [0.25, 0.3) is 10.8 Å². The number of nitrogens with one attached hydrogen (secondary N) is 1. The Labute approximate surface area is 174 Å². The normalized spacial score (nSPS) is 15.1. The first-order valence-electron chi connectivity index (χ1n) is 9.49. The monoisotopic (exact) mass is 424 g/mol. The molecule has 1 aliphatic heterocycles. The van der Waals surface area contributed by atoms with Gasteiger partial charge in [-0.15, -0.1) is 0 Å². The van der Waals surface area contributed by atoms with E-state index < -0.39 is 27.9 Å². The molecule has 3 aromatic carbocycles. The summed E-state index contributed by atoms with van der Waals surface area (Å²) in [5.74, 6) is -1.00. The molecular formula is C22H20N2O5S. The fraction of sp³-hybridized carbons (Fsp3) is 0.182. The van der Waals surface area contributed by atoms with Gasteiger partial charge in [-0.05, 0) is 49.6 Å². The van der Waals surface area contributed by atoms with Gasteiger partial charge in [0.1, 0.15) is 6.04 Å². The number of carbonyl (C=O) groups excluding carboxylic acids is 2. The van der Waals surface area contributed by atoms with Gasteiger partial charge >= 0.3 is 5.97 Å². The quantitative estimate of drug-likeness (QED) is 0.633. The molecule has 30 heavy (non-hydrogen) atoms. The molecule has 154 valence electrons. The summed E-state index contributed by atoms with van der Waals surface area (Å²) in [7, 11) is -3.87. The summed E-state index contributed by atoms with van der Waals surface area (Å²) in [4.78, 5) is 25.0. The Morgan fingerprint density at radius 1 is 1.07 bits per heavy atom. The lowest BCUT2D eigenvalue weighted by Crippen LogP contribution is -2.44. The smallest absolute Gasteiger partial charge is 0.338 e. The van der Waals surface area contributed by atoms with E-state index in [1.54, 1.807) is 49.4 Å². The molecule has 0 fully saturated rings. The highest BCUT2D eigenvalue weighted by atomic mass is 32.2. The van der Waals surface area contributed by atoms with E-state index in [0.29, 0.717) is 22.3 Å². The lowest BCUT2D eigenvalue weighted by atomic mass is 10.1. The van der Waals surface area contributed by atoms with Crippen LogP contribution in [0.4, 0.5) is 11.4 Å². The number of ether oxygens (including phenoxy) is 1. The minimum absolute atomic E-state index is 0.194. The highest BCUT2D eigenvalue weighted by molar-refractivity contribution is 7.93.